The van der Waals surface area contributed by atoms with Crippen molar-refractivity contribution in [2.24, 2.45) is 0 Å². The van der Waals surface area contributed by atoms with Crippen molar-refractivity contribution in [1.29, 1.82) is 0 Å². The van der Waals surface area contributed by atoms with Crippen LogP contribution in [0.5, 0.6) is 23.0 Å². The Morgan fingerprint density at radius 2 is 0.741 bits per heavy atom. The molecular weight excluding hydrogens is 707 g/mol. The van der Waals surface area contributed by atoms with Crippen molar-refractivity contribution in [3.63, 3.8) is 0 Å². The summed E-state index contributed by atoms with van der Waals surface area (Å²) < 4.78 is 13.5. The lowest BCUT2D eigenvalue weighted by atomic mass is 9.67. The molecule has 11 rings (SSSR count). The molecule has 3 heteroatoms. The van der Waals surface area contributed by atoms with Gasteiger partial charge in [-0.25, -0.2) is 0 Å². The van der Waals surface area contributed by atoms with E-state index >= 15 is 0 Å². The molecule has 9 aromatic carbocycles. The van der Waals surface area contributed by atoms with Gasteiger partial charge in [0.05, 0.1) is 5.41 Å². The van der Waals surface area contributed by atoms with E-state index in [-0.39, 0.29) is 0 Å². The minimum atomic E-state index is -0.520. The molecule has 0 radical (unpaired) electrons. The zero-order valence-corrected chi connectivity index (χ0v) is 31.6. The smallest absolute Gasteiger partial charge is 0.170 e. The molecule has 0 spiro atoms. The second kappa shape index (κ2) is 13.8. The number of fused-ring (bicyclic) bond motifs is 5. The Labute approximate surface area is 338 Å². The number of nitrogens with zero attached hydrogens (tertiary/aromatic N) is 1. The van der Waals surface area contributed by atoms with Gasteiger partial charge in [0.25, 0.3) is 0 Å². The van der Waals surface area contributed by atoms with Crippen LogP contribution in [0.4, 0.5) is 17.1 Å². The standard InChI is InChI=1S/C55H37NO2/c1-5-15-38(16-6-1)39-25-30-45(31-26-39)56(44-21-11-4-12-22-44)46-32-27-40(28-33-46)41-29-34-51-52(35-41)58-54-37-50-48(36-53(54)57-51)47-23-13-14-24-49(47)55(50,42-17-7-2-8-18-42)43-19-9-3-10-20-43/h1-37H. The van der Waals surface area contributed by atoms with Gasteiger partial charge in [-0.05, 0) is 116 Å². The summed E-state index contributed by atoms with van der Waals surface area (Å²) in [7, 11) is 0. The fourth-order valence-corrected chi connectivity index (χ4v) is 8.96. The van der Waals surface area contributed by atoms with Crippen LogP contribution >= 0.6 is 0 Å². The molecule has 0 amide bonds. The van der Waals surface area contributed by atoms with Crippen LogP contribution < -0.4 is 14.4 Å². The van der Waals surface area contributed by atoms with Crippen LogP contribution in [0.1, 0.15) is 22.3 Å². The molecule has 58 heavy (non-hydrogen) atoms. The molecule has 0 N–H and O–H groups in total. The highest BCUT2D eigenvalue weighted by molar-refractivity contribution is 5.88. The first-order valence-corrected chi connectivity index (χ1v) is 19.7. The summed E-state index contributed by atoms with van der Waals surface area (Å²) in [6, 6.07) is 79.5. The Morgan fingerprint density at radius 3 is 1.38 bits per heavy atom. The monoisotopic (exact) mass is 743 g/mol. The Kier molecular flexibility index (Phi) is 8.04. The maximum atomic E-state index is 6.81. The molecular formula is C55H37NO2. The first kappa shape index (κ1) is 33.7. The second-order valence-electron chi connectivity index (χ2n) is 14.9. The summed E-state index contributed by atoms with van der Waals surface area (Å²) in [5.41, 5.74) is 14.5. The zero-order valence-electron chi connectivity index (χ0n) is 31.6. The number of benzene rings is 9. The summed E-state index contributed by atoms with van der Waals surface area (Å²) in [6.45, 7) is 0. The van der Waals surface area contributed by atoms with Gasteiger partial charge in [0.2, 0.25) is 0 Å². The van der Waals surface area contributed by atoms with E-state index in [0.29, 0.717) is 23.0 Å². The average Bonchev–Trinajstić information content (AvgIpc) is 3.59. The van der Waals surface area contributed by atoms with Gasteiger partial charge in [0.1, 0.15) is 0 Å². The Balaban J connectivity index is 0.943. The van der Waals surface area contributed by atoms with Gasteiger partial charge in [-0.1, -0.05) is 164 Å². The molecule has 1 aliphatic heterocycles. The molecule has 0 bridgehead atoms. The van der Waals surface area contributed by atoms with E-state index < -0.39 is 5.41 Å². The van der Waals surface area contributed by atoms with E-state index in [2.05, 4.69) is 223 Å². The van der Waals surface area contributed by atoms with Crippen molar-refractivity contribution in [3.8, 4) is 56.4 Å². The topological polar surface area (TPSA) is 21.7 Å². The minimum absolute atomic E-state index is 0.520. The van der Waals surface area contributed by atoms with Gasteiger partial charge >= 0.3 is 0 Å². The van der Waals surface area contributed by atoms with Crippen molar-refractivity contribution < 1.29 is 9.47 Å². The van der Waals surface area contributed by atoms with Crippen LogP contribution in [-0.4, -0.2) is 0 Å². The van der Waals surface area contributed by atoms with Crippen molar-refractivity contribution in [1.82, 2.24) is 0 Å². The van der Waals surface area contributed by atoms with Gasteiger partial charge in [0, 0.05) is 17.1 Å². The molecule has 1 heterocycles. The van der Waals surface area contributed by atoms with Gasteiger partial charge in [0.15, 0.2) is 23.0 Å². The SMILES string of the molecule is c1ccc(-c2ccc(N(c3ccccc3)c3ccc(-c4ccc5c(c4)Oc4cc6c(cc4O5)-c4ccccc4C6(c4ccccc4)c4ccccc4)cc3)cc2)cc1. The maximum absolute atomic E-state index is 6.81. The van der Waals surface area contributed by atoms with Crippen molar-refractivity contribution in [2.75, 3.05) is 4.90 Å². The fourth-order valence-electron chi connectivity index (χ4n) is 8.96. The highest BCUT2D eigenvalue weighted by Crippen LogP contribution is 2.59. The van der Waals surface area contributed by atoms with Gasteiger partial charge < -0.3 is 14.4 Å². The molecule has 0 unspecified atom stereocenters. The quantitative estimate of drug-likeness (QED) is 0.162. The first-order valence-electron chi connectivity index (χ1n) is 19.7. The van der Waals surface area contributed by atoms with Crippen LogP contribution in [0, 0.1) is 0 Å². The Bertz CT molecular complexity index is 2870. The number of rotatable bonds is 7. The van der Waals surface area contributed by atoms with Gasteiger partial charge in [-0.3, -0.25) is 0 Å². The van der Waals surface area contributed by atoms with Crippen LogP contribution in [-0.2, 0) is 5.41 Å². The highest BCUT2D eigenvalue weighted by Gasteiger charge is 2.47. The van der Waals surface area contributed by atoms with E-state index in [1.54, 1.807) is 0 Å². The summed E-state index contributed by atoms with van der Waals surface area (Å²) in [5.74, 6) is 2.82. The van der Waals surface area contributed by atoms with Crippen LogP contribution in [0.2, 0.25) is 0 Å². The van der Waals surface area contributed by atoms with Crippen LogP contribution in [0.25, 0.3) is 33.4 Å². The lowest BCUT2D eigenvalue weighted by molar-refractivity contribution is 0.359. The molecule has 0 aromatic heterocycles. The molecule has 0 fully saturated rings. The van der Waals surface area contributed by atoms with Crippen LogP contribution in [0.3, 0.4) is 0 Å². The number of ether oxygens (including phenoxy) is 2. The normalized spacial score (nSPS) is 12.9. The van der Waals surface area contributed by atoms with E-state index in [1.807, 2.05) is 6.07 Å². The first-order chi connectivity index (χ1) is 28.7. The minimum Gasteiger partial charge on any atom is -0.449 e. The van der Waals surface area contributed by atoms with Crippen molar-refractivity contribution in [3.05, 3.63) is 247 Å². The molecule has 9 aromatic rings. The third-order valence-corrected chi connectivity index (χ3v) is 11.6. The number of hydrogen-bond acceptors (Lipinski definition) is 3. The van der Waals surface area contributed by atoms with E-state index in [0.717, 1.165) is 33.8 Å². The van der Waals surface area contributed by atoms with Gasteiger partial charge in [-0.2, -0.15) is 0 Å². The zero-order chi connectivity index (χ0) is 38.5. The lowest BCUT2D eigenvalue weighted by Crippen LogP contribution is -2.28. The third-order valence-electron chi connectivity index (χ3n) is 11.6. The van der Waals surface area contributed by atoms with E-state index in [9.17, 15) is 0 Å². The third kappa shape index (κ3) is 5.51. The Hall–Kier alpha value is -7.62. The molecule has 0 saturated heterocycles. The van der Waals surface area contributed by atoms with Crippen LogP contribution in [0.15, 0.2) is 224 Å². The Morgan fingerprint density at radius 1 is 0.293 bits per heavy atom. The molecule has 0 saturated carbocycles. The molecule has 3 nitrogen and oxygen atoms in total. The average molecular weight is 744 g/mol. The molecule has 1 aliphatic carbocycles. The number of hydrogen-bond donors (Lipinski definition) is 0. The van der Waals surface area contributed by atoms with Gasteiger partial charge in [-0.15, -0.1) is 0 Å². The fraction of sp³-hybridized carbons (Fsp3) is 0.0182. The lowest BCUT2D eigenvalue weighted by Gasteiger charge is -2.34. The molecule has 274 valence electrons. The summed E-state index contributed by atoms with van der Waals surface area (Å²) in [4.78, 5) is 2.29. The van der Waals surface area contributed by atoms with Crippen molar-refractivity contribution in [2.45, 2.75) is 5.41 Å². The van der Waals surface area contributed by atoms with Crippen molar-refractivity contribution >= 4 is 17.1 Å². The van der Waals surface area contributed by atoms with E-state index in [1.165, 1.54) is 38.9 Å². The van der Waals surface area contributed by atoms with E-state index in [4.69, 9.17) is 9.47 Å². The highest BCUT2D eigenvalue weighted by atomic mass is 16.6. The maximum Gasteiger partial charge on any atom is 0.170 e. The summed E-state index contributed by atoms with van der Waals surface area (Å²) >= 11 is 0. The molecule has 0 atom stereocenters. The largest absolute Gasteiger partial charge is 0.449 e. The summed E-state index contributed by atoms with van der Waals surface area (Å²) in [5, 5.41) is 0. The number of para-hydroxylation sites is 1. The number of anilines is 3. The second-order valence-corrected chi connectivity index (χ2v) is 14.9. The molecule has 2 aliphatic rings. The predicted molar refractivity (Wildman–Crippen MR) is 236 cm³/mol. The predicted octanol–water partition coefficient (Wildman–Crippen LogP) is 14.8. The summed E-state index contributed by atoms with van der Waals surface area (Å²) in [6.07, 6.45) is 0.